The Morgan fingerprint density at radius 3 is 2.47 bits per heavy atom. The van der Waals surface area contributed by atoms with Gasteiger partial charge < -0.3 is 15.0 Å². The van der Waals surface area contributed by atoms with E-state index < -0.39 is 0 Å². The van der Waals surface area contributed by atoms with Crippen LogP contribution in [0.25, 0.3) is 0 Å². The van der Waals surface area contributed by atoms with Crippen molar-refractivity contribution in [1.82, 2.24) is 10.2 Å². The van der Waals surface area contributed by atoms with Gasteiger partial charge in [-0.1, -0.05) is 6.42 Å². The summed E-state index contributed by atoms with van der Waals surface area (Å²) in [6.45, 7) is 2.37. The SMILES string of the molecule is CN(C)C1(CNC(=O)C2CCC2)CCOCC1. The Balaban J connectivity index is 1.86. The van der Waals surface area contributed by atoms with E-state index in [9.17, 15) is 4.79 Å². The molecular formula is C13H24N2O2. The molecule has 1 amide bonds. The van der Waals surface area contributed by atoms with Crippen molar-refractivity contribution in [1.29, 1.82) is 0 Å². The second-order valence-electron chi connectivity index (χ2n) is 5.58. The molecule has 0 bridgehead atoms. The van der Waals surface area contributed by atoms with Crippen LogP contribution in [-0.2, 0) is 9.53 Å². The van der Waals surface area contributed by atoms with Crippen molar-refractivity contribution >= 4 is 5.91 Å². The smallest absolute Gasteiger partial charge is 0.223 e. The van der Waals surface area contributed by atoms with E-state index in [1.165, 1.54) is 6.42 Å². The summed E-state index contributed by atoms with van der Waals surface area (Å²) in [5.74, 6) is 0.540. The molecule has 0 aromatic rings. The average Bonchev–Trinajstić information content (AvgIpc) is 2.25. The van der Waals surface area contributed by atoms with E-state index in [-0.39, 0.29) is 17.4 Å². The summed E-state index contributed by atoms with van der Waals surface area (Å²) >= 11 is 0. The first-order chi connectivity index (χ1) is 8.14. The minimum absolute atomic E-state index is 0.0949. The van der Waals surface area contributed by atoms with Crippen LogP contribution in [0.1, 0.15) is 32.1 Å². The summed E-state index contributed by atoms with van der Waals surface area (Å²) in [6.07, 6.45) is 5.37. The van der Waals surface area contributed by atoms with Crippen LogP contribution in [0.2, 0.25) is 0 Å². The molecule has 0 aromatic heterocycles. The Kier molecular flexibility index (Phi) is 4.05. The van der Waals surface area contributed by atoms with Crippen molar-refractivity contribution in [2.45, 2.75) is 37.6 Å². The number of rotatable bonds is 4. The summed E-state index contributed by atoms with van der Waals surface area (Å²) in [7, 11) is 4.20. The van der Waals surface area contributed by atoms with Crippen molar-refractivity contribution in [3.63, 3.8) is 0 Å². The lowest BCUT2D eigenvalue weighted by molar-refractivity contribution is -0.128. The van der Waals surface area contributed by atoms with Crippen LogP contribution in [0.15, 0.2) is 0 Å². The Morgan fingerprint density at radius 2 is 2.00 bits per heavy atom. The third-order valence-electron chi connectivity index (χ3n) is 4.44. The molecule has 17 heavy (non-hydrogen) atoms. The van der Waals surface area contributed by atoms with Crippen molar-refractivity contribution in [2.24, 2.45) is 5.92 Å². The number of carbonyl (C=O) groups excluding carboxylic acids is 1. The predicted molar refractivity (Wildman–Crippen MR) is 66.8 cm³/mol. The van der Waals surface area contributed by atoms with Gasteiger partial charge in [0.25, 0.3) is 0 Å². The molecular weight excluding hydrogens is 216 g/mol. The number of ether oxygens (including phenoxy) is 1. The van der Waals surface area contributed by atoms with Gasteiger partial charge in [-0.15, -0.1) is 0 Å². The molecule has 1 saturated carbocycles. The Labute approximate surface area is 104 Å². The molecule has 2 fully saturated rings. The predicted octanol–water partition coefficient (Wildman–Crippen LogP) is 1.01. The Bertz CT molecular complexity index is 269. The lowest BCUT2D eigenvalue weighted by atomic mass is 9.84. The molecule has 1 aliphatic carbocycles. The van der Waals surface area contributed by atoms with Crippen molar-refractivity contribution in [2.75, 3.05) is 33.9 Å². The minimum Gasteiger partial charge on any atom is -0.381 e. The zero-order valence-electron chi connectivity index (χ0n) is 11.0. The molecule has 0 unspecified atom stereocenters. The van der Waals surface area contributed by atoms with Crippen LogP contribution in [0.5, 0.6) is 0 Å². The fourth-order valence-corrected chi connectivity index (χ4v) is 2.60. The second kappa shape index (κ2) is 5.36. The van der Waals surface area contributed by atoms with Gasteiger partial charge in [0.2, 0.25) is 5.91 Å². The van der Waals surface area contributed by atoms with E-state index in [0.29, 0.717) is 0 Å². The summed E-state index contributed by atoms with van der Waals surface area (Å²) < 4.78 is 5.42. The lowest BCUT2D eigenvalue weighted by Crippen LogP contribution is -2.56. The maximum atomic E-state index is 11.9. The third-order valence-corrected chi connectivity index (χ3v) is 4.44. The first-order valence-electron chi connectivity index (χ1n) is 6.67. The van der Waals surface area contributed by atoms with Crippen LogP contribution < -0.4 is 5.32 Å². The van der Waals surface area contributed by atoms with E-state index in [4.69, 9.17) is 4.74 Å². The van der Waals surface area contributed by atoms with Gasteiger partial charge in [-0.3, -0.25) is 4.79 Å². The molecule has 2 aliphatic rings. The largest absolute Gasteiger partial charge is 0.381 e. The molecule has 0 atom stereocenters. The highest BCUT2D eigenvalue weighted by molar-refractivity contribution is 5.79. The Morgan fingerprint density at radius 1 is 1.35 bits per heavy atom. The summed E-state index contributed by atoms with van der Waals surface area (Å²) in [4.78, 5) is 14.1. The first kappa shape index (κ1) is 12.8. The quantitative estimate of drug-likeness (QED) is 0.797. The highest BCUT2D eigenvalue weighted by Crippen LogP contribution is 2.28. The molecule has 1 aliphatic heterocycles. The number of carbonyl (C=O) groups is 1. The van der Waals surface area contributed by atoms with Gasteiger partial charge >= 0.3 is 0 Å². The maximum Gasteiger partial charge on any atom is 0.223 e. The summed E-state index contributed by atoms with van der Waals surface area (Å²) in [6, 6.07) is 0. The van der Waals surface area contributed by atoms with Crippen molar-refractivity contribution in [3.8, 4) is 0 Å². The van der Waals surface area contributed by atoms with Gasteiger partial charge in [0.15, 0.2) is 0 Å². The van der Waals surface area contributed by atoms with E-state index in [1.807, 2.05) is 0 Å². The molecule has 1 heterocycles. The number of likely N-dealkylation sites (N-methyl/N-ethyl adjacent to an activating group) is 1. The zero-order valence-corrected chi connectivity index (χ0v) is 11.0. The van der Waals surface area contributed by atoms with Crippen LogP contribution in [-0.4, -0.2) is 50.2 Å². The van der Waals surface area contributed by atoms with E-state index in [2.05, 4.69) is 24.3 Å². The third kappa shape index (κ3) is 2.80. The minimum atomic E-state index is 0.0949. The normalized spacial score (nSPS) is 24.4. The average molecular weight is 240 g/mol. The highest BCUT2D eigenvalue weighted by atomic mass is 16.5. The molecule has 98 valence electrons. The van der Waals surface area contributed by atoms with Crippen LogP contribution in [0.3, 0.4) is 0 Å². The number of hydrogen-bond donors (Lipinski definition) is 1. The van der Waals surface area contributed by atoms with E-state index >= 15 is 0 Å². The molecule has 1 N–H and O–H groups in total. The molecule has 4 heteroatoms. The Hall–Kier alpha value is -0.610. The van der Waals surface area contributed by atoms with Crippen LogP contribution >= 0.6 is 0 Å². The molecule has 1 saturated heterocycles. The molecule has 0 aromatic carbocycles. The van der Waals surface area contributed by atoms with Crippen molar-refractivity contribution < 1.29 is 9.53 Å². The maximum absolute atomic E-state index is 11.9. The lowest BCUT2D eigenvalue weighted by Gasteiger charge is -2.43. The van der Waals surface area contributed by atoms with E-state index in [0.717, 1.165) is 45.4 Å². The standard InChI is InChI=1S/C13H24N2O2/c1-15(2)13(6-8-17-9-7-13)10-14-12(16)11-4-3-5-11/h11H,3-10H2,1-2H3,(H,14,16). The summed E-state index contributed by atoms with van der Waals surface area (Å²) in [5, 5.41) is 3.14. The second-order valence-corrected chi connectivity index (χ2v) is 5.58. The fraction of sp³-hybridized carbons (Fsp3) is 0.923. The van der Waals surface area contributed by atoms with Crippen molar-refractivity contribution in [3.05, 3.63) is 0 Å². The fourth-order valence-electron chi connectivity index (χ4n) is 2.60. The monoisotopic (exact) mass is 240 g/mol. The zero-order chi connectivity index (χ0) is 12.3. The van der Waals surface area contributed by atoms with Crippen LogP contribution in [0.4, 0.5) is 0 Å². The molecule has 0 radical (unpaired) electrons. The van der Waals surface area contributed by atoms with E-state index in [1.54, 1.807) is 0 Å². The molecule has 4 nitrogen and oxygen atoms in total. The van der Waals surface area contributed by atoms with Gasteiger partial charge in [0.1, 0.15) is 0 Å². The van der Waals surface area contributed by atoms with Gasteiger partial charge in [-0.25, -0.2) is 0 Å². The highest BCUT2D eigenvalue weighted by Gasteiger charge is 2.36. The number of nitrogens with one attached hydrogen (secondary N) is 1. The molecule has 0 spiro atoms. The van der Waals surface area contributed by atoms with Gasteiger partial charge in [0, 0.05) is 31.2 Å². The number of nitrogens with zero attached hydrogens (tertiary/aromatic N) is 1. The summed E-state index contributed by atoms with van der Waals surface area (Å²) in [5.41, 5.74) is 0.0949. The van der Waals surface area contributed by atoms with Crippen LogP contribution in [0, 0.1) is 5.92 Å². The molecule has 2 rings (SSSR count). The van der Waals surface area contributed by atoms with Gasteiger partial charge in [-0.2, -0.15) is 0 Å². The first-order valence-corrected chi connectivity index (χ1v) is 6.67. The van der Waals surface area contributed by atoms with Gasteiger partial charge in [0.05, 0.1) is 0 Å². The number of amides is 1. The van der Waals surface area contributed by atoms with Gasteiger partial charge in [-0.05, 0) is 39.8 Å². The number of hydrogen-bond acceptors (Lipinski definition) is 3. The topological polar surface area (TPSA) is 41.6 Å².